The third-order valence-electron chi connectivity index (χ3n) is 3.43. The number of hydrogen-bond acceptors (Lipinski definition) is 1. The van der Waals surface area contributed by atoms with Gasteiger partial charge < -0.3 is 5.32 Å². The van der Waals surface area contributed by atoms with E-state index in [1.54, 1.807) is 0 Å². The summed E-state index contributed by atoms with van der Waals surface area (Å²) in [4.78, 5) is 12.1. The van der Waals surface area contributed by atoms with Crippen LogP contribution in [0.15, 0.2) is 54.6 Å². The van der Waals surface area contributed by atoms with Gasteiger partial charge in [-0.1, -0.05) is 67.1 Å². The Kier molecular flexibility index (Phi) is 4.94. The van der Waals surface area contributed by atoms with Gasteiger partial charge in [0.05, 0.1) is 12.5 Å². The largest absolute Gasteiger partial charge is 0.349 e. The lowest BCUT2D eigenvalue weighted by molar-refractivity contribution is -0.121. The van der Waals surface area contributed by atoms with Crippen LogP contribution < -0.4 is 5.32 Å². The molecule has 2 heteroatoms. The molecular formula is C18H21NO. The first-order valence-corrected chi connectivity index (χ1v) is 7.09. The number of benzene rings is 2. The van der Waals surface area contributed by atoms with E-state index in [1.165, 1.54) is 11.1 Å². The normalized spacial score (nSPS) is 11.9. The molecule has 2 aromatic rings. The van der Waals surface area contributed by atoms with Crippen LogP contribution in [0.5, 0.6) is 0 Å². The first-order chi connectivity index (χ1) is 9.69. The van der Waals surface area contributed by atoms with Gasteiger partial charge in [0.25, 0.3) is 0 Å². The summed E-state index contributed by atoms with van der Waals surface area (Å²) < 4.78 is 0. The van der Waals surface area contributed by atoms with Gasteiger partial charge in [0.1, 0.15) is 0 Å². The Balaban J connectivity index is 1.99. The Morgan fingerprint density at radius 1 is 1.05 bits per heavy atom. The van der Waals surface area contributed by atoms with Crippen LogP contribution in [0.3, 0.4) is 0 Å². The highest BCUT2D eigenvalue weighted by atomic mass is 16.1. The van der Waals surface area contributed by atoms with Crippen LogP contribution in [0.1, 0.15) is 36.1 Å². The first-order valence-electron chi connectivity index (χ1n) is 7.09. The van der Waals surface area contributed by atoms with Crippen LogP contribution in [-0.4, -0.2) is 5.91 Å². The SMILES string of the molecule is CC[C@H](NC(=O)Cc1ccccc1)c1ccc(C)cc1. The third-order valence-corrected chi connectivity index (χ3v) is 3.43. The van der Waals surface area contributed by atoms with Crippen molar-refractivity contribution < 1.29 is 4.79 Å². The van der Waals surface area contributed by atoms with Gasteiger partial charge in [0, 0.05) is 0 Å². The van der Waals surface area contributed by atoms with E-state index < -0.39 is 0 Å². The number of carbonyl (C=O) groups is 1. The van der Waals surface area contributed by atoms with Crippen molar-refractivity contribution in [2.75, 3.05) is 0 Å². The average Bonchev–Trinajstić information content (AvgIpc) is 2.47. The summed E-state index contributed by atoms with van der Waals surface area (Å²) >= 11 is 0. The smallest absolute Gasteiger partial charge is 0.224 e. The second-order valence-electron chi connectivity index (χ2n) is 5.10. The van der Waals surface area contributed by atoms with Crippen LogP contribution in [0.2, 0.25) is 0 Å². The first kappa shape index (κ1) is 14.3. The van der Waals surface area contributed by atoms with E-state index >= 15 is 0 Å². The highest BCUT2D eigenvalue weighted by Crippen LogP contribution is 2.17. The molecule has 1 amide bonds. The van der Waals surface area contributed by atoms with Gasteiger partial charge in [-0.05, 0) is 24.5 Å². The molecule has 0 saturated carbocycles. The molecule has 20 heavy (non-hydrogen) atoms. The highest BCUT2D eigenvalue weighted by molar-refractivity contribution is 5.79. The van der Waals surface area contributed by atoms with Crippen molar-refractivity contribution in [3.63, 3.8) is 0 Å². The Bertz CT molecular complexity index is 545. The summed E-state index contributed by atoms with van der Waals surface area (Å²) in [6, 6.07) is 18.3. The molecule has 0 aliphatic rings. The van der Waals surface area contributed by atoms with Crippen LogP contribution in [0.4, 0.5) is 0 Å². The predicted octanol–water partition coefficient (Wildman–Crippen LogP) is 3.81. The van der Waals surface area contributed by atoms with E-state index in [-0.39, 0.29) is 11.9 Å². The topological polar surface area (TPSA) is 29.1 Å². The van der Waals surface area contributed by atoms with Crippen molar-refractivity contribution in [3.05, 3.63) is 71.3 Å². The second-order valence-corrected chi connectivity index (χ2v) is 5.10. The Morgan fingerprint density at radius 3 is 2.30 bits per heavy atom. The Morgan fingerprint density at radius 2 is 1.70 bits per heavy atom. The van der Waals surface area contributed by atoms with E-state index in [4.69, 9.17) is 0 Å². The molecule has 0 aromatic heterocycles. The zero-order valence-electron chi connectivity index (χ0n) is 12.1. The second kappa shape index (κ2) is 6.90. The minimum Gasteiger partial charge on any atom is -0.349 e. The summed E-state index contributed by atoms with van der Waals surface area (Å²) in [6.07, 6.45) is 1.33. The van der Waals surface area contributed by atoms with Crippen molar-refractivity contribution >= 4 is 5.91 Å². The van der Waals surface area contributed by atoms with Gasteiger partial charge in [-0.2, -0.15) is 0 Å². The molecule has 0 spiro atoms. The summed E-state index contributed by atoms with van der Waals surface area (Å²) in [5, 5.41) is 3.11. The fourth-order valence-electron chi connectivity index (χ4n) is 2.25. The van der Waals surface area contributed by atoms with E-state index in [1.807, 2.05) is 30.3 Å². The lowest BCUT2D eigenvalue weighted by Gasteiger charge is -2.17. The molecule has 1 N–H and O–H groups in total. The standard InChI is InChI=1S/C18H21NO/c1-3-17(16-11-9-14(2)10-12-16)19-18(20)13-15-7-5-4-6-8-15/h4-12,17H,3,13H2,1-2H3,(H,19,20)/t17-/m0/s1. The molecule has 0 fully saturated rings. The molecular weight excluding hydrogens is 246 g/mol. The van der Waals surface area contributed by atoms with Crippen molar-refractivity contribution in [3.8, 4) is 0 Å². The van der Waals surface area contributed by atoms with E-state index in [9.17, 15) is 4.79 Å². The summed E-state index contributed by atoms with van der Waals surface area (Å²) in [5.74, 6) is 0.0728. The fraction of sp³-hybridized carbons (Fsp3) is 0.278. The molecule has 0 radical (unpaired) electrons. The molecule has 0 unspecified atom stereocenters. The van der Waals surface area contributed by atoms with Crippen molar-refractivity contribution in [1.29, 1.82) is 0 Å². The molecule has 0 bridgehead atoms. The van der Waals surface area contributed by atoms with Gasteiger partial charge in [0.2, 0.25) is 5.91 Å². The van der Waals surface area contributed by atoms with E-state index in [0.29, 0.717) is 6.42 Å². The van der Waals surface area contributed by atoms with Gasteiger partial charge in [0.15, 0.2) is 0 Å². The van der Waals surface area contributed by atoms with Crippen LogP contribution >= 0.6 is 0 Å². The Labute approximate surface area is 120 Å². The number of aryl methyl sites for hydroxylation is 1. The molecule has 2 aromatic carbocycles. The number of hydrogen-bond donors (Lipinski definition) is 1. The average molecular weight is 267 g/mol. The number of carbonyl (C=O) groups excluding carboxylic acids is 1. The lowest BCUT2D eigenvalue weighted by Crippen LogP contribution is -2.29. The monoisotopic (exact) mass is 267 g/mol. The van der Waals surface area contributed by atoms with Gasteiger partial charge >= 0.3 is 0 Å². The molecule has 0 saturated heterocycles. The van der Waals surface area contributed by atoms with Crippen LogP contribution in [0.25, 0.3) is 0 Å². The van der Waals surface area contributed by atoms with E-state index in [0.717, 1.165) is 12.0 Å². The van der Waals surface area contributed by atoms with Crippen LogP contribution in [0, 0.1) is 6.92 Å². The molecule has 2 nitrogen and oxygen atoms in total. The summed E-state index contributed by atoms with van der Waals surface area (Å²) in [7, 11) is 0. The number of amides is 1. The zero-order valence-corrected chi connectivity index (χ0v) is 12.1. The molecule has 104 valence electrons. The maximum Gasteiger partial charge on any atom is 0.224 e. The number of nitrogens with one attached hydrogen (secondary N) is 1. The minimum atomic E-state index is 0.0728. The summed E-state index contributed by atoms with van der Waals surface area (Å²) in [6.45, 7) is 4.16. The molecule has 1 atom stereocenters. The number of rotatable bonds is 5. The maximum atomic E-state index is 12.1. The molecule has 2 rings (SSSR count). The minimum absolute atomic E-state index is 0.0728. The maximum absolute atomic E-state index is 12.1. The quantitative estimate of drug-likeness (QED) is 0.877. The fourth-order valence-corrected chi connectivity index (χ4v) is 2.25. The Hall–Kier alpha value is -2.09. The lowest BCUT2D eigenvalue weighted by atomic mass is 10.0. The molecule has 0 aliphatic carbocycles. The zero-order chi connectivity index (χ0) is 14.4. The van der Waals surface area contributed by atoms with Crippen molar-refractivity contribution in [2.45, 2.75) is 32.7 Å². The summed E-state index contributed by atoms with van der Waals surface area (Å²) in [5.41, 5.74) is 3.45. The molecule has 0 heterocycles. The van der Waals surface area contributed by atoms with E-state index in [2.05, 4.69) is 43.4 Å². The third kappa shape index (κ3) is 3.95. The predicted molar refractivity (Wildman–Crippen MR) is 82.5 cm³/mol. The van der Waals surface area contributed by atoms with Crippen LogP contribution in [-0.2, 0) is 11.2 Å². The van der Waals surface area contributed by atoms with Gasteiger partial charge in [-0.25, -0.2) is 0 Å². The van der Waals surface area contributed by atoms with Gasteiger partial charge in [-0.3, -0.25) is 4.79 Å². The van der Waals surface area contributed by atoms with Gasteiger partial charge in [-0.15, -0.1) is 0 Å². The van der Waals surface area contributed by atoms with Crippen molar-refractivity contribution in [2.24, 2.45) is 0 Å². The molecule has 0 aliphatic heterocycles. The van der Waals surface area contributed by atoms with Crippen molar-refractivity contribution in [1.82, 2.24) is 5.32 Å². The highest BCUT2D eigenvalue weighted by Gasteiger charge is 2.12.